The van der Waals surface area contributed by atoms with E-state index >= 15 is 0 Å². The number of amides is 1. The maximum atomic E-state index is 10.9. The monoisotopic (exact) mass is 300 g/mol. The van der Waals surface area contributed by atoms with Crippen LogP contribution >= 0.6 is 22.6 Å². The molecule has 0 bridgehead atoms. The second-order valence-corrected chi connectivity index (χ2v) is 3.64. The molecule has 0 aliphatic carbocycles. The van der Waals surface area contributed by atoms with Gasteiger partial charge < -0.3 is 5.73 Å². The summed E-state index contributed by atoms with van der Waals surface area (Å²) in [6.45, 7) is 0. The zero-order chi connectivity index (χ0) is 10.7. The first kappa shape index (κ1) is 10.7. The van der Waals surface area contributed by atoms with E-state index in [1.54, 1.807) is 12.1 Å². The zero-order valence-electron chi connectivity index (χ0n) is 6.95. The van der Waals surface area contributed by atoms with Crippen LogP contribution in [-0.2, 0) is 0 Å². The number of nitriles is 1. The molecule has 0 radical (unpaired) electrons. The second-order valence-electron chi connectivity index (χ2n) is 2.48. The lowest BCUT2D eigenvalue weighted by atomic mass is 10.0. The van der Waals surface area contributed by atoms with Crippen LogP contribution in [0.2, 0.25) is 0 Å². The molecular weight excluding hydrogens is 295 g/mol. The van der Waals surface area contributed by atoms with Gasteiger partial charge in [0, 0.05) is 9.13 Å². The number of nitrogens with zero attached hydrogens (tertiary/aromatic N) is 1. The number of carbonyl (C=O) groups excluding carboxylic acids is 2. The van der Waals surface area contributed by atoms with Gasteiger partial charge in [0.1, 0.15) is 6.07 Å². The van der Waals surface area contributed by atoms with Crippen molar-refractivity contribution in [2.75, 3.05) is 0 Å². The molecule has 1 aromatic carbocycles. The van der Waals surface area contributed by atoms with Crippen LogP contribution in [0.3, 0.4) is 0 Å². The minimum Gasteiger partial charge on any atom is -0.366 e. The average molecular weight is 300 g/mol. The average Bonchev–Trinajstić information content (AvgIpc) is 2.16. The van der Waals surface area contributed by atoms with Crippen molar-refractivity contribution in [3.05, 3.63) is 32.4 Å². The van der Waals surface area contributed by atoms with Crippen LogP contribution < -0.4 is 5.73 Å². The summed E-state index contributed by atoms with van der Waals surface area (Å²) in [6.07, 6.45) is 0.548. The van der Waals surface area contributed by atoms with Gasteiger partial charge in [0.25, 0.3) is 0 Å². The van der Waals surface area contributed by atoms with Gasteiger partial charge in [-0.1, -0.05) is 0 Å². The molecule has 0 unspecified atom stereocenters. The lowest BCUT2D eigenvalue weighted by molar-refractivity contribution is 0.1000. The Morgan fingerprint density at radius 2 is 2.21 bits per heavy atom. The van der Waals surface area contributed by atoms with Crippen LogP contribution in [0.1, 0.15) is 26.3 Å². The van der Waals surface area contributed by atoms with E-state index < -0.39 is 5.91 Å². The van der Waals surface area contributed by atoms with Crippen LogP contribution in [0.15, 0.2) is 12.1 Å². The minimum absolute atomic E-state index is 0.0411. The van der Waals surface area contributed by atoms with Crippen LogP contribution in [0, 0.1) is 14.9 Å². The maximum Gasteiger partial charge on any atom is 0.250 e. The summed E-state index contributed by atoms with van der Waals surface area (Å²) in [6, 6.07) is 4.82. The van der Waals surface area contributed by atoms with E-state index in [0.717, 1.165) is 0 Å². The van der Waals surface area contributed by atoms with Crippen molar-refractivity contribution in [2.24, 2.45) is 5.73 Å². The number of benzene rings is 1. The molecule has 0 fully saturated rings. The number of carbonyl (C=O) groups is 2. The Labute approximate surface area is 93.8 Å². The quantitative estimate of drug-likeness (QED) is 0.655. The predicted octanol–water partition coefficient (Wildman–Crippen LogP) is 1.07. The van der Waals surface area contributed by atoms with Crippen molar-refractivity contribution in [3.63, 3.8) is 0 Å². The van der Waals surface area contributed by atoms with E-state index in [-0.39, 0.29) is 16.7 Å². The molecule has 0 spiro atoms. The Morgan fingerprint density at radius 3 is 2.64 bits per heavy atom. The van der Waals surface area contributed by atoms with Gasteiger partial charge in [-0.3, -0.25) is 9.59 Å². The number of aldehydes is 1. The van der Waals surface area contributed by atoms with Crippen molar-refractivity contribution in [1.29, 1.82) is 5.26 Å². The van der Waals surface area contributed by atoms with Crippen molar-refractivity contribution >= 4 is 34.8 Å². The van der Waals surface area contributed by atoms with Gasteiger partial charge >= 0.3 is 0 Å². The number of primary amides is 1. The molecule has 0 heterocycles. The molecule has 2 N–H and O–H groups in total. The fraction of sp³-hybridized carbons (Fsp3) is 0. The summed E-state index contributed by atoms with van der Waals surface area (Å²) in [5.41, 5.74) is 5.39. The highest BCUT2D eigenvalue weighted by Gasteiger charge is 2.14. The third-order valence-corrected chi connectivity index (χ3v) is 2.63. The van der Waals surface area contributed by atoms with Crippen LogP contribution in [0.4, 0.5) is 0 Å². The summed E-state index contributed by atoms with van der Waals surface area (Å²) < 4.78 is 0.624. The maximum absolute atomic E-state index is 10.9. The minimum atomic E-state index is -0.707. The first-order valence-corrected chi connectivity index (χ1v) is 4.67. The molecule has 14 heavy (non-hydrogen) atoms. The SMILES string of the molecule is N#Cc1c(C(N)=O)ccc(I)c1C=O. The summed E-state index contributed by atoms with van der Waals surface area (Å²) >= 11 is 1.91. The Kier molecular flexibility index (Phi) is 3.19. The van der Waals surface area contributed by atoms with Crippen LogP contribution in [0.25, 0.3) is 0 Å². The van der Waals surface area contributed by atoms with Gasteiger partial charge in [-0.15, -0.1) is 0 Å². The fourth-order valence-electron chi connectivity index (χ4n) is 1.04. The van der Waals surface area contributed by atoms with Crippen molar-refractivity contribution in [2.45, 2.75) is 0 Å². The molecule has 0 saturated heterocycles. The smallest absolute Gasteiger partial charge is 0.250 e. The lowest BCUT2D eigenvalue weighted by Gasteiger charge is -2.03. The summed E-state index contributed by atoms with van der Waals surface area (Å²) in [5, 5.41) is 8.78. The number of rotatable bonds is 2. The Balaban J connectivity index is 3.58. The molecule has 0 aliphatic rings. The normalized spacial score (nSPS) is 9.14. The highest BCUT2D eigenvalue weighted by atomic mass is 127. The molecule has 5 heteroatoms. The van der Waals surface area contributed by atoms with Crippen molar-refractivity contribution < 1.29 is 9.59 Å². The topological polar surface area (TPSA) is 83.9 Å². The number of hydrogen-bond acceptors (Lipinski definition) is 3. The summed E-state index contributed by atoms with van der Waals surface area (Å²) in [7, 11) is 0. The molecule has 1 amide bonds. The van der Waals surface area contributed by atoms with Crippen molar-refractivity contribution in [1.82, 2.24) is 0 Å². The Hall–Kier alpha value is -1.42. The van der Waals surface area contributed by atoms with Gasteiger partial charge in [0.2, 0.25) is 5.91 Å². The zero-order valence-corrected chi connectivity index (χ0v) is 9.11. The van der Waals surface area contributed by atoms with E-state index in [1.165, 1.54) is 6.07 Å². The summed E-state index contributed by atoms with van der Waals surface area (Å²) in [5.74, 6) is -0.707. The van der Waals surface area contributed by atoms with E-state index in [1.807, 2.05) is 22.6 Å². The fourth-order valence-corrected chi connectivity index (χ4v) is 1.61. The van der Waals surface area contributed by atoms with Gasteiger partial charge in [-0.25, -0.2) is 0 Å². The largest absolute Gasteiger partial charge is 0.366 e. The Morgan fingerprint density at radius 1 is 1.57 bits per heavy atom. The van der Waals surface area contributed by atoms with E-state index in [9.17, 15) is 9.59 Å². The third-order valence-electron chi connectivity index (χ3n) is 1.69. The molecule has 1 aromatic rings. The first-order chi connectivity index (χ1) is 6.61. The number of halogens is 1. The molecular formula is C9H5IN2O2. The van der Waals surface area contributed by atoms with E-state index in [0.29, 0.717) is 9.86 Å². The first-order valence-electron chi connectivity index (χ1n) is 3.59. The lowest BCUT2D eigenvalue weighted by Crippen LogP contribution is -2.14. The van der Waals surface area contributed by atoms with Crippen molar-refractivity contribution in [3.8, 4) is 6.07 Å². The van der Waals surface area contributed by atoms with Crippen LogP contribution in [-0.4, -0.2) is 12.2 Å². The molecule has 0 saturated carbocycles. The van der Waals surface area contributed by atoms with Gasteiger partial charge in [-0.2, -0.15) is 5.26 Å². The molecule has 1 rings (SSSR count). The van der Waals surface area contributed by atoms with E-state index in [4.69, 9.17) is 11.0 Å². The molecule has 4 nitrogen and oxygen atoms in total. The highest BCUT2D eigenvalue weighted by molar-refractivity contribution is 14.1. The van der Waals surface area contributed by atoms with Crippen LogP contribution in [0.5, 0.6) is 0 Å². The standard InChI is InChI=1S/C9H5IN2O2/c10-8-2-1-5(9(12)14)6(3-11)7(8)4-13/h1-2,4H,(H2,12,14). The third kappa shape index (κ3) is 1.75. The number of hydrogen-bond donors (Lipinski definition) is 1. The van der Waals surface area contributed by atoms with Gasteiger partial charge in [0.15, 0.2) is 6.29 Å². The molecule has 0 aliphatic heterocycles. The highest BCUT2D eigenvalue weighted by Crippen LogP contribution is 2.18. The number of nitrogens with two attached hydrogens (primary N) is 1. The molecule has 0 atom stereocenters. The second kappa shape index (κ2) is 4.19. The van der Waals surface area contributed by atoms with E-state index in [2.05, 4.69) is 0 Å². The predicted molar refractivity (Wildman–Crippen MR) is 57.8 cm³/mol. The molecule has 0 aromatic heterocycles. The Bertz CT molecular complexity index is 449. The molecule has 70 valence electrons. The summed E-state index contributed by atoms with van der Waals surface area (Å²) in [4.78, 5) is 21.6. The van der Waals surface area contributed by atoms with Gasteiger partial charge in [-0.05, 0) is 34.7 Å². The van der Waals surface area contributed by atoms with Gasteiger partial charge in [0.05, 0.1) is 11.1 Å².